The molecule has 1 rings (SSSR count). The summed E-state index contributed by atoms with van der Waals surface area (Å²) in [7, 11) is 1.79. The lowest BCUT2D eigenvalue weighted by molar-refractivity contribution is 0.0947. The Labute approximate surface area is 89.6 Å². The van der Waals surface area contributed by atoms with E-state index in [9.17, 15) is 4.79 Å². The van der Waals surface area contributed by atoms with Gasteiger partial charge in [0.25, 0.3) is 5.91 Å². The van der Waals surface area contributed by atoms with E-state index in [2.05, 4.69) is 17.3 Å². The number of amides is 1. The lowest BCUT2D eigenvalue weighted by atomic mass is 10.1. The van der Waals surface area contributed by atoms with Gasteiger partial charge < -0.3 is 11.1 Å². The van der Waals surface area contributed by atoms with Crippen molar-refractivity contribution >= 4 is 5.91 Å². The number of carbonyl (C=O) groups excluding carboxylic acids is 1. The van der Waals surface area contributed by atoms with Crippen molar-refractivity contribution in [1.29, 1.82) is 0 Å². The Morgan fingerprint density at radius 1 is 1.73 bits per heavy atom. The fourth-order valence-electron chi connectivity index (χ4n) is 1.29. The van der Waals surface area contributed by atoms with E-state index in [4.69, 9.17) is 5.73 Å². The van der Waals surface area contributed by atoms with Crippen LogP contribution in [0.2, 0.25) is 0 Å². The summed E-state index contributed by atoms with van der Waals surface area (Å²) in [5.74, 6) is 0.336. The van der Waals surface area contributed by atoms with Crippen molar-refractivity contribution in [1.82, 2.24) is 15.1 Å². The Morgan fingerprint density at radius 2 is 2.47 bits per heavy atom. The van der Waals surface area contributed by atoms with E-state index in [-0.39, 0.29) is 5.91 Å². The molecule has 0 radical (unpaired) electrons. The molecule has 5 heteroatoms. The number of nitrogens with zero attached hydrogens (tertiary/aromatic N) is 2. The molecule has 1 unspecified atom stereocenters. The van der Waals surface area contributed by atoms with Gasteiger partial charge >= 0.3 is 0 Å². The zero-order chi connectivity index (χ0) is 11.3. The molecule has 0 aliphatic carbocycles. The van der Waals surface area contributed by atoms with Crippen LogP contribution in [-0.4, -0.2) is 28.8 Å². The summed E-state index contributed by atoms with van der Waals surface area (Å²) in [6.07, 6.45) is 4.18. The fourth-order valence-corrected chi connectivity index (χ4v) is 1.29. The van der Waals surface area contributed by atoms with E-state index in [0.29, 0.717) is 24.6 Å². The predicted molar refractivity (Wildman–Crippen MR) is 58.4 cm³/mol. The maximum absolute atomic E-state index is 11.6. The molecule has 15 heavy (non-hydrogen) atoms. The molecule has 0 saturated carbocycles. The summed E-state index contributed by atoms with van der Waals surface area (Å²) >= 11 is 0. The molecule has 0 spiro atoms. The smallest absolute Gasteiger partial charge is 0.254 e. The Morgan fingerprint density at radius 3 is 3.00 bits per heavy atom. The fraction of sp³-hybridized carbons (Fsp3) is 0.600. The average Bonchev–Trinajstić information content (AvgIpc) is 2.62. The Kier molecular flexibility index (Phi) is 4.30. The van der Waals surface area contributed by atoms with Crippen LogP contribution in [0.25, 0.3) is 0 Å². The Bertz CT molecular complexity index is 321. The summed E-state index contributed by atoms with van der Waals surface area (Å²) in [6.45, 7) is 3.38. The first-order chi connectivity index (χ1) is 7.13. The van der Waals surface area contributed by atoms with Crippen LogP contribution in [-0.2, 0) is 7.05 Å². The van der Waals surface area contributed by atoms with Gasteiger partial charge in [-0.1, -0.05) is 6.92 Å². The first-order valence-corrected chi connectivity index (χ1v) is 5.10. The first-order valence-electron chi connectivity index (χ1n) is 5.10. The molecule has 0 bridgehead atoms. The van der Waals surface area contributed by atoms with Gasteiger partial charge in [-0.15, -0.1) is 0 Å². The summed E-state index contributed by atoms with van der Waals surface area (Å²) in [4.78, 5) is 11.6. The van der Waals surface area contributed by atoms with Crippen molar-refractivity contribution < 1.29 is 4.79 Å². The number of carbonyl (C=O) groups is 1. The van der Waals surface area contributed by atoms with Crippen molar-refractivity contribution in [3.63, 3.8) is 0 Å². The number of aryl methyl sites for hydroxylation is 1. The minimum atomic E-state index is -0.0769. The normalized spacial score (nSPS) is 12.5. The maximum atomic E-state index is 11.6. The predicted octanol–water partition coefficient (Wildman–Crippen LogP) is 0.135. The third-order valence-corrected chi connectivity index (χ3v) is 2.24. The van der Waals surface area contributed by atoms with Crippen LogP contribution in [0.3, 0.4) is 0 Å². The SMILES string of the molecule is CC(CCN)CNC(=O)c1cnn(C)c1. The van der Waals surface area contributed by atoms with E-state index >= 15 is 0 Å². The number of aromatic nitrogens is 2. The third kappa shape index (κ3) is 3.71. The summed E-state index contributed by atoms with van der Waals surface area (Å²) in [5, 5.41) is 6.79. The maximum Gasteiger partial charge on any atom is 0.254 e. The summed E-state index contributed by atoms with van der Waals surface area (Å²) in [5.41, 5.74) is 6.02. The molecule has 3 N–H and O–H groups in total. The molecule has 1 heterocycles. The molecule has 1 aromatic heterocycles. The van der Waals surface area contributed by atoms with Crippen LogP contribution >= 0.6 is 0 Å². The molecule has 1 aromatic rings. The van der Waals surface area contributed by atoms with Crippen molar-refractivity contribution in [3.05, 3.63) is 18.0 Å². The van der Waals surface area contributed by atoms with Gasteiger partial charge in [0.1, 0.15) is 0 Å². The second kappa shape index (κ2) is 5.50. The van der Waals surface area contributed by atoms with E-state index in [1.165, 1.54) is 0 Å². The number of nitrogens with one attached hydrogen (secondary N) is 1. The number of hydrogen-bond acceptors (Lipinski definition) is 3. The summed E-state index contributed by atoms with van der Waals surface area (Å²) in [6, 6.07) is 0. The minimum absolute atomic E-state index is 0.0769. The topological polar surface area (TPSA) is 72.9 Å². The van der Waals surface area contributed by atoms with Crippen LogP contribution in [0.5, 0.6) is 0 Å². The van der Waals surface area contributed by atoms with E-state index in [1.807, 2.05) is 0 Å². The van der Waals surface area contributed by atoms with Crippen LogP contribution in [0, 0.1) is 5.92 Å². The summed E-state index contributed by atoms with van der Waals surface area (Å²) < 4.78 is 1.61. The molecule has 0 saturated heterocycles. The molecule has 0 fully saturated rings. The second-order valence-corrected chi connectivity index (χ2v) is 3.80. The monoisotopic (exact) mass is 210 g/mol. The van der Waals surface area contributed by atoms with Crippen molar-refractivity contribution in [2.24, 2.45) is 18.7 Å². The average molecular weight is 210 g/mol. The highest BCUT2D eigenvalue weighted by Crippen LogP contribution is 2.00. The Hall–Kier alpha value is -1.36. The second-order valence-electron chi connectivity index (χ2n) is 3.80. The van der Waals surface area contributed by atoms with Gasteiger partial charge in [-0.2, -0.15) is 5.10 Å². The zero-order valence-corrected chi connectivity index (χ0v) is 9.23. The zero-order valence-electron chi connectivity index (χ0n) is 9.23. The number of hydrogen-bond donors (Lipinski definition) is 2. The largest absolute Gasteiger partial charge is 0.352 e. The molecular weight excluding hydrogens is 192 g/mol. The molecule has 0 aromatic carbocycles. The third-order valence-electron chi connectivity index (χ3n) is 2.24. The van der Waals surface area contributed by atoms with E-state index < -0.39 is 0 Å². The van der Waals surface area contributed by atoms with Gasteiger partial charge in [-0.05, 0) is 18.9 Å². The van der Waals surface area contributed by atoms with Crippen LogP contribution in [0.15, 0.2) is 12.4 Å². The quantitative estimate of drug-likeness (QED) is 0.725. The lowest BCUT2D eigenvalue weighted by Gasteiger charge is -2.10. The van der Waals surface area contributed by atoms with E-state index in [1.54, 1.807) is 24.1 Å². The Balaban J connectivity index is 2.36. The highest BCUT2D eigenvalue weighted by atomic mass is 16.1. The van der Waals surface area contributed by atoms with E-state index in [0.717, 1.165) is 6.42 Å². The van der Waals surface area contributed by atoms with Crippen LogP contribution in [0.4, 0.5) is 0 Å². The molecule has 1 atom stereocenters. The standard InChI is InChI=1S/C10H18N4O/c1-8(3-4-11)5-12-10(15)9-6-13-14(2)7-9/h6-8H,3-5,11H2,1-2H3,(H,12,15). The lowest BCUT2D eigenvalue weighted by Crippen LogP contribution is -2.28. The van der Waals surface area contributed by atoms with Gasteiger partial charge in [0.05, 0.1) is 11.8 Å². The van der Waals surface area contributed by atoms with Gasteiger partial charge in [0.15, 0.2) is 0 Å². The molecule has 84 valence electrons. The van der Waals surface area contributed by atoms with Crippen molar-refractivity contribution in [2.45, 2.75) is 13.3 Å². The minimum Gasteiger partial charge on any atom is -0.352 e. The van der Waals surface area contributed by atoms with Gasteiger partial charge in [0, 0.05) is 19.8 Å². The van der Waals surface area contributed by atoms with Gasteiger partial charge in [-0.3, -0.25) is 9.48 Å². The van der Waals surface area contributed by atoms with Gasteiger partial charge in [-0.25, -0.2) is 0 Å². The number of nitrogens with two attached hydrogens (primary N) is 1. The van der Waals surface area contributed by atoms with Gasteiger partial charge in [0.2, 0.25) is 0 Å². The molecule has 0 aliphatic rings. The molecule has 1 amide bonds. The van der Waals surface area contributed by atoms with Crippen LogP contribution in [0.1, 0.15) is 23.7 Å². The highest BCUT2D eigenvalue weighted by molar-refractivity contribution is 5.93. The highest BCUT2D eigenvalue weighted by Gasteiger charge is 2.08. The van der Waals surface area contributed by atoms with Crippen LogP contribution < -0.4 is 11.1 Å². The van der Waals surface area contributed by atoms with Crippen molar-refractivity contribution in [2.75, 3.05) is 13.1 Å². The van der Waals surface area contributed by atoms with Crippen molar-refractivity contribution in [3.8, 4) is 0 Å². The first kappa shape index (κ1) is 11.7. The number of rotatable bonds is 5. The molecular formula is C10H18N4O. The molecule has 0 aliphatic heterocycles. The molecule has 5 nitrogen and oxygen atoms in total.